The predicted octanol–water partition coefficient (Wildman–Crippen LogP) is -5.51. The number of hydrogen-bond donors (Lipinski definition) is 1. The third kappa shape index (κ3) is 27.6. The summed E-state index contributed by atoms with van der Waals surface area (Å²) in [7, 11) is 0. The first kappa shape index (κ1) is 16.0. The number of rotatable bonds is 0. The van der Waals surface area contributed by atoms with E-state index in [-0.39, 0.29) is 80.9 Å². The summed E-state index contributed by atoms with van der Waals surface area (Å²) in [4.78, 5) is 0. The van der Waals surface area contributed by atoms with Gasteiger partial charge in [-0.05, 0) is 0 Å². The Kier molecular flexibility index (Phi) is 29.3. The normalized spacial score (nSPS) is 4.33. The Balaban J connectivity index is -0.0000000450. The van der Waals surface area contributed by atoms with E-state index in [0.29, 0.717) is 0 Å². The van der Waals surface area contributed by atoms with Gasteiger partial charge in [0, 0.05) is 0 Å². The molecule has 0 aliphatic rings. The molecule has 0 aromatic carbocycles. The molecule has 0 radical (unpaired) electrons. The van der Waals surface area contributed by atoms with Crippen LogP contribution in [-0.4, -0.2) is 33.2 Å². The second-order valence-corrected chi connectivity index (χ2v) is 1.10. The van der Waals surface area contributed by atoms with Crippen LogP contribution in [0.5, 0.6) is 0 Å². The first-order chi connectivity index (χ1) is 1.73. The molecule has 0 aromatic rings. The SMILES string of the molecule is [K+].[NaH].[O]=[Ti]([O-])[OH]. The van der Waals surface area contributed by atoms with Gasteiger partial charge in [0.25, 0.3) is 0 Å². The Bertz CT molecular complexity index is 33.8. The number of hydrogen-bond acceptors (Lipinski definition) is 2. The van der Waals surface area contributed by atoms with E-state index in [1.165, 1.54) is 0 Å². The van der Waals surface area contributed by atoms with Crippen molar-refractivity contribution in [3.8, 4) is 0 Å². The summed E-state index contributed by atoms with van der Waals surface area (Å²) in [5.74, 6) is 0. The van der Waals surface area contributed by atoms with E-state index in [2.05, 4.69) is 0 Å². The van der Waals surface area contributed by atoms with Crippen molar-refractivity contribution in [2.24, 2.45) is 0 Å². The molecule has 0 aliphatic heterocycles. The first-order valence-electron chi connectivity index (χ1n) is 0.632. The van der Waals surface area contributed by atoms with Crippen LogP contribution in [0.15, 0.2) is 0 Å². The average molecular weight is 160 g/mol. The standard InChI is InChI=1S/K.Na.H2O.2O.Ti.H/h;;1H2;;;;/q+1;;;;-1;+1;/p-1. The fourth-order valence-corrected chi connectivity index (χ4v) is 0. The van der Waals surface area contributed by atoms with E-state index >= 15 is 0 Å². The summed E-state index contributed by atoms with van der Waals surface area (Å²) in [6.45, 7) is 0. The second-order valence-electron chi connectivity index (χ2n) is 0.266. The van der Waals surface area contributed by atoms with E-state index in [0.717, 1.165) is 0 Å². The van der Waals surface area contributed by atoms with Crippen molar-refractivity contribution < 1.29 is 80.7 Å². The van der Waals surface area contributed by atoms with Gasteiger partial charge in [-0.2, -0.15) is 0 Å². The molecule has 0 rings (SSSR count). The summed E-state index contributed by atoms with van der Waals surface area (Å²) in [5.41, 5.74) is 0. The second kappa shape index (κ2) is 10.9. The molecule has 0 heterocycles. The molecule has 1 N–H and O–H groups in total. The molecule has 0 saturated heterocycles. The molecule has 0 atom stereocenters. The molecule has 0 bridgehead atoms. The van der Waals surface area contributed by atoms with Gasteiger partial charge >= 0.3 is 110 Å². The monoisotopic (exact) mass is 160 g/mol. The summed E-state index contributed by atoms with van der Waals surface area (Å²) in [6.07, 6.45) is 0. The molecule has 0 unspecified atom stereocenters. The molecule has 0 aromatic heterocycles. The van der Waals surface area contributed by atoms with Gasteiger partial charge in [0.1, 0.15) is 0 Å². The van der Waals surface area contributed by atoms with Crippen LogP contribution in [0.4, 0.5) is 0 Å². The van der Waals surface area contributed by atoms with Gasteiger partial charge in [0.2, 0.25) is 0 Å². The molecule has 6 heavy (non-hydrogen) atoms. The van der Waals surface area contributed by atoms with Gasteiger partial charge in [-0.1, -0.05) is 0 Å². The van der Waals surface area contributed by atoms with Gasteiger partial charge < -0.3 is 0 Å². The van der Waals surface area contributed by atoms with Crippen LogP contribution < -0.4 is 55.1 Å². The summed E-state index contributed by atoms with van der Waals surface area (Å²) >= 11 is -3.83. The Morgan fingerprint density at radius 3 is 1.67 bits per heavy atom. The fraction of sp³-hybridized carbons (Fsp3) is 0. The van der Waals surface area contributed by atoms with E-state index in [9.17, 15) is 0 Å². The first-order valence-corrected chi connectivity index (χ1v) is 2.61. The van der Waals surface area contributed by atoms with Gasteiger partial charge in [-0.15, -0.1) is 0 Å². The Labute approximate surface area is 107 Å². The summed E-state index contributed by atoms with van der Waals surface area (Å²) in [5, 5.41) is 0. The molecule has 0 aliphatic carbocycles. The summed E-state index contributed by atoms with van der Waals surface area (Å²) in [6, 6.07) is 0. The maximum atomic E-state index is 8.69. The van der Waals surface area contributed by atoms with Gasteiger partial charge in [0.15, 0.2) is 0 Å². The van der Waals surface area contributed by atoms with Crippen molar-refractivity contribution in [2.75, 3.05) is 0 Å². The zero-order valence-corrected chi connectivity index (χ0v) is 7.45. The molecule has 0 spiro atoms. The molecular formula is H2KNaO3Ti. The van der Waals surface area contributed by atoms with Crippen LogP contribution >= 0.6 is 0 Å². The zero-order valence-electron chi connectivity index (χ0n) is 2.76. The fourth-order valence-electron chi connectivity index (χ4n) is 0. The van der Waals surface area contributed by atoms with Crippen LogP contribution in [0.3, 0.4) is 0 Å². The summed E-state index contributed by atoms with van der Waals surface area (Å²) < 4.78 is 24.5. The predicted molar refractivity (Wildman–Crippen MR) is 10.1 cm³/mol. The quantitative estimate of drug-likeness (QED) is 0.359. The third-order valence-corrected chi connectivity index (χ3v) is 0. The molecule has 6 heteroatoms. The maximum absolute atomic E-state index is 8.69. The van der Waals surface area contributed by atoms with E-state index < -0.39 is 18.6 Å². The molecule has 26 valence electrons. The molecule has 0 fully saturated rings. The van der Waals surface area contributed by atoms with Crippen molar-refractivity contribution in [1.29, 1.82) is 0 Å². The Morgan fingerprint density at radius 1 is 1.67 bits per heavy atom. The van der Waals surface area contributed by atoms with Crippen molar-refractivity contribution in [1.82, 2.24) is 0 Å². The third-order valence-electron chi connectivity index (χ3n) is 0. The van der Waals surface area contributed by atoms with Crippen molar-refractivity contribution in [3.63, 3.8) is 0 Å². The van der Waals surface area contributed by atoms with Crippen molar-refractivity contribution >= 4 is 29.6 Å². The van der Waals surface area contributed by atoms with E-state index in [1.54, 1.807) is 0 Å². The van der Waals surface area contributed by atoms with Crippen LogP contribution in [-0.2, 0) is 21.9 Å². The Hall–Kier alpha value is 3.07. The average Bonchev–Trinajstić information content (AvgIpc) is 0.811. The van der Waals surface area contributed by atoms with Gasteiger partial charge in [0.05, 0.1) is 0 Å². The molecule has 0 amide bonds. The van der Waals surface area contributed by atoms with Crippen molar-refractivity contribution in [3.05, 3.63) is 0 Å². The van der Waals surface area contributed by atoms with E-state index in [4.69, 9.17) is 10.7 Å². The van der Waals surface area contributed by atoms with Crippen LogP contribution in [0.1, 0.15) is 0 Å². The Morgan fingerprint density at radius 2 is 1.67 bits per heavy atom. The van der Waals surface area contributed by atoms with E-state index in [1.807, 2.05) is 0 Å². The van der Waals surface area contributed by atoms with Gasteiger partial charge in [-0.3, -0.25) is 0 Å². The van der Waals surface area contributed by atoms with Crippen LogP contribution in [0.2, 0.25) is 0 Å². The molecular weight excluding hydrogens is 158 g/mol. The molecule has 3 nitrogen and oxygen atoms in total. The zero-order chi connectivity index (χ0) is 3.58. The minimum atomic E-state index is -3.83. The minimum absolute atomic E-state index is 0. The topological polar surface area (TPSA) is 60.4 Å². The van der Waals surface area contributed by atoms with Crippen molar-refractivity contribution in [2.45, 2.75) is 0 Å². The van der Waals surface area contributed by atoms with Gasteiger partial charge in [-0.25, -0.2) is 0 Å². The van der Waals surface area contributed by atoms with Crippen LogP contribution in [0, 0.1) is 0 Å². The van der Waals surface area contributed by atoms with Crippen LogP contribution in [0.25, 0.3) is 0 Å². The molecule has 0 saturated carbocycles.